The molecular formula is C10H12ClN3. The number of halogens is 1. The quantitative estimate of drug-likeness (QED) is 0.823. The first kappa shape index (κ1) is 9.49. The smallest absolute Gasteiger partial charge is 0.138 e. The van der Waals surface area contributed by atoms with Gasteiger partial charge >= 0.3 is 0 Å². The average Bonchev–Trinajstić information content (AvgIpc) is 2.59. The molecule has 0 amide bonds. The molecule has 1 unspecified atom stereocenters. The van der Waals surface area contributed by atoms with Gasteiger partial charge in [0.05, 0.1) is 5.69 Å². The summed E-state index contributed by atoms with van der Waals surface area (Å²) in [4.78, 5) is 4.44. The molecule has 0 aromatic carbocycles. The summed E-state index contributed by atoms with van der Waals surface area (Å²) in [5, 5.41) is 0.704. The van der Waals surface area contributed by atoms with Crippen LogP contribution in [-0.4, -0.2) is 15.9 Å². The van der Waals surface area contributed by atoms with Gasteiger partial charge in [0.25, 0.3) is 0 Å². The molecule has 2 aromatic rings. The fraction of sp³-hybridized carbons (Fsp3) is 0.300. The molecule has 2 N–H and O–H groups in total. The van der Waals surface area contributed by atoms with E-state index >= 15 is 0 Å². The standard InChI is InChI=1S/C10H12ClN3/c1-7(5-12)9-6-14-3-2-8(11)4-10(14)13-9/h2-4,6-7H,5,12H2,1H3. The summed E-state index contributed by atoms with van der Waals surface area (Å²) >= 11 is 5.86. The largest absolute Gasteiger partial charge is 0.330 e. The summed E-state index contributed by atoms with van der Waals surface area (Å²) < 4.78 is 1.95. The van der Waals surface area contributed by atoms with Crippen molar-refractivity contribution in [2.45, 2.75) is 12.8 Å². The number of nitrogens with two attached hydrogens (primary N) is 1. The van der Waals surface area contributed by atoms with Crippen molar-refractivity contribution in [3.8, 4) is 0 Å². The first-order valence-electron chi connectivity index (χ1n) is 4.55. The van der Waals surface area contributed by atoms with Gasteiger partial charge < -0.3 is 10.1 Å². The number of hydrogen-bond acceptors (Lipinski definition) is 2. The van der Waals surface area contributed by atoms with Crippen LogP contribution in [0.3, 0.4) is 0 Å². The van der Waals surface area contributed by atoms with E-state index in [1.54, 1.807) is 0 Å². The van der Waals surface area contributed by atoms with Crippen molar-refractivity contribution in [2.75, 3.05) is 6.54 Å². The Morgan fingerprint density at radius 2 is 2.43 bits per heavy atom. The number of imidazole rings is 1. The van der Waals surface area contributed by atoms with Crippen LogP contribution in [0.1, 0.15) is 18.5 Å². The zero-order chi connectivity index (χ0) is 10.1. The van der Waals surface area contributed by atoms with E-state index in [9.17, 15) is 0 Å². The van der Waals surface area contributed by atoms with Crippen molar-refractivity contribution in [3.05, 3.63) is 35.2 Å². The van der Waals surface area contributed by atoms with Crippen LogP contribution in [0.2, 0.25) is 5.02 Å². The predicted molar refractivity (Wildman–Crippen MR) is 57.7 cm³/mol. The van der Waals surface area contributed by atoms with Crippen molar-refractivity contribution in [2.24, 2.45) is 5.73 Å². The van der Waals surface area contributed by atoms with E-state index in [2.05, 4.69) is 11.9 Å². The third-order valence-electron chi connectivity index (χ3n) is 2.30. The molecule has 0 radical (unpaired) electrons. The molecule has 0 aliphatic rings. The Hall–Kier alpha value is -1.06. The van der Waals surface area contributed by atoms with Crippen molar-refractivity contribution < 1.29 is 0 Å². The molecule has 0 saturated heterocycles. The number of fused-ring (bicyclic) bond motifs is 1. The second-order valence-corrected chi connectivity index (χ2v) is 3.85. The van der Waals surface area contributed by atoms with Gasteiger partial charge in [-0.05, 0) is 12.1 Å². The maximum atomic E-state index is 5.86. The Labute approximate surface area is 87.5 Å². The molecule has 0 saturated carbocycles. The summed E-state index contributed by atoms with van der Waals surface area (Å²) in [6.07, 6.45) is 3.89. The van der Waals surface area contributed by atoms with Gasteiger partial charge in [-0.3, -0.25) is 0 Å². The lowest BCUT2D eigenvalue weighted by Gasteiger charge is -2.01. The van der Waals surface area contributed by atoms with Crippen LogP contribution in [0.4, 0.5) is 0 Å². The second kappa shape index (κ2) is 3.59. The van der Waals surface area contributed by atoms with Crippen molar-refractivity contribution >= 4 is 17.2 Å². The second-order valence-electron chi connectivity index (χ2n) is 3.41. The van der Waals surface area contributed by atoms with Gasteiger partial charge in [0.15, 0.2) is 0 Å². The molecule has 2 aromatic heterocycles. The van der Waals surface area contributed by atoms with Crippen LogP contribution in [0.25, 0.3) is 5.65 Å². The van der Waals surface area contributed by atoms with E-state index < -0.39 is 0 Å². The summed E-state index contributed by atoms with van der Waals surface area (Å²) in [7, 11) is 0. The lowest BCUT2D eigenvalue weighted by molar-refractivity contribution is 0.752. The highest BCUT2D eigenvalue weighted by Gasteiger charge is 2.07. The minimum absolute atomic E-state index is 0.286. The first-order valence-corrected chi connectivity index (χ1v) is 4.92. The molecule has 0 spiro atoms. The van der Waals surface area contributed by atoms with Gasteiger partial charge in [0.1, 0.15) is 5.65 Å². The van der Waals surface area contributed by atoms with Crippen LogP contribution >= 0.6 is 11.6 Å². The Kier molecular flexibility index (Phi) is 2.44. The molecule has 1 atom stereocenters. The maximum absolute atomic E-state index is 5.86. The minimum Gasteiger partial charge on any atom is -0.330 e. The molecule has 2 rings (SSSR count). The van der Waals surface area contributed by atoms with Crippen LogP contribution in [0, 0.1) is 0 Å². The Morgan fingerprint density at radius 1 is 1.64 bits per heavy atom. The molecule has 14 heavy (non-hydrogen) atoms. The van der Waals surface area contributed by atoms with Crippen LogP contribution in [0.15, 0.2) is 24.5 Å². The van der Waals surface area contributed by atoms with E-state index in [4.69, 9.17) is 17.3 Å². The molecule has 74 valence electrons. The zero-order valence-electron chi connectivity index (χ0n) is 7.94. The molecule has 0 fully saturated rings. The molecular weight excluding hydrogens is 198 g/mol. The van der Waals surface area contributed by atoms with E-state index in [-0.39, 0.29) is 5.92 Å². The SMILES string of the molecule is CC(CN)c1cn2ccc(Cl)cc2n1. The fourth-order valence-electron chi connectivity index (χ4n) is 1.33. The Morgan fingerprint density at radius 3 is 3.14 bits per heavy atom. The van der Waals surface area contributed by atoms with Crippen molar-refractivity contribution in [1.29, 1.82) is 0 Å². The number of nitrogens with zero attached hydrogens (tertiary/aromatic N) is 2. The van der Waals surface area contributed by atoms with Crippen LogP contribution in [0.5, 0.6) is 0 Å². The summed E-state index contributed by atoms with van der Waals surface area (Å²) in [6.45, 7) is 2.67. The van der Waals surface area contributed by atoms with E-state index in [0.29, 0.717) is 11.6 Å². The summed E-state index contributed by atoms with van der Waals surface area (Å²) in [5.74, 6) is 0.286. The van der Waals surface area contributed by atoms with Crippen LogP contribution in [-0.2, 0) is 0 Å². The highest BCUT2D eigenvalue weighted by atomic mass is 35.5. The van der Waals surface area contributed by atoms with E-state index in [0.717, 1.165) is 11.3 Å². The van der Waals surface area contributed by atoms with Gasteiger partial charge in [0.2, 0.25) is 0 Å². The van der Waals surface area contributed by atoms with E-state index in [1.807, 2.05) is 28.9 Å². The number of hydrogen-bond donors (Lipinski definition) is 1. The average molecular weight is 210 g/mol. The Balaban J connectivity index is 2.51. The monoisotopic (exact) mass is 209 g/mol. The van der Waals surface area contributed by atoms with Gasteiger partial charge in [-0.2, -0.15) is 0 Å². The fourth-order valence-corrected chi connectivity index (χ4v) is 1.49. The van der Waals surface area contributed by atoms with Crippen LogP contribution < -0.4 is 5.73 Å². The third kappa shape index (κ3) is 1.61. The summed E-state index contributed by atoms with van der Waals surface area (Å²) in [5.41, 5.74) is 7.46. The highest BCUT2D eigenvalue weighted by Crippen LogP contribution is 2.16. The molecule has 4 heteroatoms. The van der Waals surface area contributed by atoms with Gasteiger partial charge in [0, 0.05) is 29.9 Å². The molecule has 0 bridgehead atoms. The van der Waals surface area contributed by atoms with Gasteiger partial charge in [-0.15, -0.1) is 0 Å². The topological polar surface area (TPSA) is 43.3 Å². The predicted octanol–water partition coefficient (Wildman–Crippen LogP) is 2.05. The zero-order valence-corrected chi connectivity index (χ0v) is 8.70. The lowest BCUT2D eigenvalue weighted by atomic mass is 10.1. The molecule has 3 nitrogen and oxygen atoms in total. The molecule has 2 heterocycles. The van der Waals surface area contributed by atoms with Gasteiger partial charge in [-0.25, -0.2) is 4.98 Å². The van der Waals surface area contributed by atoms with Gasteiger partial charge in [-0.1, -0.05) is 18.5 Å². The Bertz CT molecular complexity index is 450. The number of pyridine rings is 1. The normalized spacial score (nSPS) is 13.4. The minimum atomic E-state index is 0.286. The molecule has 0 aliphatic heterocycles. The first-order chi connectivity index (χ1) is 6.70. The van der Waals surface area contributed by atoms with Crippen molar-refractivity contribution in [1.82, 2.24) is 9.38 Å². The number of aromatic nitrogens is 2. The summed E-state index contributed by atoms with van der Waals surface area (Å²) in [6, 6.07) is 3.68. The lowest BCUT2D eigenvalue weighted by Crippen LogP contribution is -2.08. The number of rotatable bonds is 2. The molecule has 0 aliphatic carbocycles. The van der Waals surface area contributed by atoms with Crippen molar-refractivity contribution in [3.63, 3.8) is 0 Å². The third-order valence-corrected chi connectivity index (χ3v) is 2.53. The van der Waals surface area contributed by atoms with E-state index in [1.165, 1.54) is 0 Å². The highest BCUT2D eigenvalue weighted by molar-refractivity contribution is 6.30. The maximum Gasteiger partial charge on any atom is 0.138 e.